The number of amides is 2. The molecular formula is C21H30N2O2. The Hall–Kier alpha value is -1.84. The van der Waals surface area contributed by atoms with Crippen molar-refractivity contribution in [3.05, 3.63) is 35.4 Å². The van der Waals surface area contributed by atoms with Gasteiger partial charge in [0.15, 0.2) is 0 Å². The molecule has 0 unspecified atom stereocenters. The fraction of sp³-hybridized carbons (Fsp3) is 0.619. The van der Waals surface area contributed by atoms with Gasteiger partial charge >= 0.3 is 0 Å². The third kappa shape index (κ3) is 4.83. The molecule has 2 aliphatic rings. The van der Waals surface area contributed by atoms with E-state index in [1.165, 1.54) is 30.4 Å². The van der Waals surface area contributed by atoms with Crippen molar-refractivity contribution in [2.24, 2.45) is 5.92 Å². The van der Waals surface area contributed by atoms with E-state index in [0.29, 0.717) is 38.5 Å². The van der Waals surface area contributed by atoms with Crippen molar-refractivity contribution in [2.45, 2.75) is 51.9 Å². The van der Waals surface area contributed by atoms with Crippen molar-refractivity contribution in [2.75, 3.05) is 26.2 Å². The Morgan fingerprint density at radius 1 is 0.920 bits per heavy atom. The lowest BCUT2D eigenvalue weighted by atomic mass is 9.88. The zero-order chi connectivity index (χ0) is 17.6. The van der Waals surface area contributed by atoms with Crippen LogP contribution >= 0.6 is 0 Å². The summed E-state index contributed by atoms with van der Waals surface area (Å²) in [6, 6.07) is 8.39. The molecule has 1 aromatic rings. The normalized spacial score (nSPS) is 19.1. The van der Waals surface area contributed by atoms with Crippen molar-refractivity contribution in [3.8, 4) is 0 Å². The average Bonchev–Trinajstić information content (AvgIpc) is 2.67. The third-order valence-corrected chi connectivity index (χ3v) is 5.65. The summed E-state index contributed by atoms with van der Waals surface area (Å²) in [5, 5.41) is 0. The fourth-order valence-corrected chi connectivity index (χ4v) is 3.95. The first-order chi connectivity index (χ1) is 12.1. The van der Waals surface area contributed by atoms with Crippen LogP contribution in [0.15, 0.2) is 24.3 Å². The Labute approximate surface area is 151 Å². The van der Waals surface area contributed by atoms with Crippen molar-refractivity contribution in [1.82, 2.24) is 9.80 Å². The molecule has 25 heavy (non-hydrogen) atoms. The summed E-state index contributed by atoms with van der Waals surface area (Å²) in [7, 11) is 0. The van der Waals surface area contributed by atoms with Gasteiger partial charge in [-0.05, 0) is 31.7 Å². The number of hydrogen-bond acceptors (Lipinski definition) is 2. The zero-order valence-corrected chi connectivity index (χ0v) is 15.4. The molecule has 3 rings (SSSR count). The smallest absolute Gasteiger partial charge is 0.225 e. The number of rotatable bonds is 4. The number of hydrogen-bond donors (Lipinski definition) is 0. The predicted octanol–water partition coefficient (Wildman–Crippen LogP) is 3.18. The second-order valence-electron chi connectivity index (χ2n) is 7.53. The lowest BCUT2D eigenvalue weighted by molar-refractivity contribution is -0.142. The summed E-state index contributed by atoms with van der Waals surface area (Å²) in [6.07, 6.45) is 7.10. The van der Waals surface area contributed by atoms with E-state index in [4.69, 9.17) is 0 Å². The second-order valence-corrected chi connectivity index (χ2v) is 7.53. The fourth-order valence-electron chi connectivity index (χ4n) is 3.95. The van der Waals surface area contributed by atoms with Crippen molar-refractivity contribution in [1.29, 1.82) is 0 Å². The SMILES string of the molecule is Cc1ccc(CCC(=O)N2CCN(C(=O)C3CCCCC3)CC2)cc1. The lowest BCUT2D eigenvalue weighted by Crippen LogP contribution is -2.52. The maximum absolute atomic E-state index is 12.6. The topological polar surface area (TPSA) is 40.6 Å². The van der Waals surface area contributed by atoms with Crippen LogP contribution in [0.5, 0.6) is 0 Å². The maximum atomic E-state index is 12.6. The first kappa shape index (κ1) is 18.0. The minimum Gasteiger partial charge on any atom is -0.339 e. The number of carbonyl (C=O) groups is 2. The monoisotopic (exact) mass is 342 g/mol. The van der Waals surface area contributed by atoms with Crippen LogP contribution in [0.1, 0.15) is 49.7 Å². The minimum absolute atomic E-state index is 0.213. The highest BCUT2D eigenvalue weighted by atomic mass is 16.2. The number of carbonyl (C=O) groups excluding carboxylic acids is 2. The summed E-state index contributed by atoms with van der Waals surface area (Å²) in [6.45, 7) is 4.84. The molecule has 1 saturated carbocycles. The summed E-state index contributed by atoms with van der Waals surface area (Å²) >= 11 is 0. The molecule has 136 valence electrons. The van der Waals surface area contributed by atoms with Gasteiger partial charge in [-0.1, -0.05) is 49.1 Å². The zero-order valence-electron chi connectivity index (χ0n) is 15.4. The van der Waals surface area contributed by atoms with Gasteiger partial charge in [-0.25, -0.2) is 0 Å². The van der Waals surface area contributed by atoms with Crippen molar-refractivity contribution in [3.63, 3.8) is 0 Å². The standard InChI is InChI=1S/C21H30N2O2/c1-17-7-9-18(10-8-17)11-12-20(24)22-13-15-23(16-14-22)21(25)19-5-3-2-4-6-19/h7-10,19H,2-6,11-16H2,1H3. The number of nitrogens with zero attached hydrogens (tertiary/aromatic N) is 2. The molecule has 1 heterocycles. The van der Waals surface area contributed by atoms with Crippen LogP contribution in [-0.4, -0.2) is 47.8 Å². The first-order valence-corrected chi connectivity index (χ1v) is 9.75. The van der Waals surface area contributed by atoms with Gasteiger partial charge in [-0.15, -0.1) is 0 Å². The quantitative estimate of drug-likeness (QED) is 0.843. The molecule has 0 spiro atoms. The van der Waals surface area contributed by atoms with Gasteiger partial charge in [0.25, 0.3) is 0 Å². The van der Waals surface area contributed by atoms with Crippen LogP contribution in [0.2, 0.25) is 0 Å². The summed E-state index contributed by atoms with van der Waals surface area (Å²) < 4.78 is 0. The Balaban J connectivity index is 1.42. The van der Waals surface area contributed by atoms with Gasteiger partial charge in [0, 0.05) is 38.5 Å². The lowest BCUT2D eigenvalue weighted by Gasteiger charge is -2.37. The minimum atomic E-state index is 0.213. The highest BCUT2D eigenvalue weighted by Crippen LogP contribution is 2.25. The molecule has 1 saturated heterocycles. The van der Waals surface area contributed by atoms with E-state index in [1.807, 2.05) is 9.80 Å². The molecule has 0 atom stereocenters. The Bertz CT molecular complexity index is 582. The van der Waals surface area contributed by atoms with Gasteiger partial charge in [0.05, 0.1) is 0 Å². The molecule has 2 fully saturated rings. The van der Waals surface area contributed by atoms with E-state index in [0.717, 1.165) is 19.3 Å². The highest BCUT2D eigenvalue weighted by Gasteiger charge is 2.29. The van der Waals surface area contributed by atoms with Gasteiger partial charge in [0.2, 0.25) is 11.8 Å². The van der Waals surface area contributed by atoms with E-state index >= 15 is 0 Å². The number of benzene rings is 1. The number of aryl methyl sites for hydroxylation is 2. The molecule has 2 amide bonds. The van der Waals surface area contributed by atoms with Crippen molar-refractivity contribution < 1.29 is 9.59 Å². The van der Waals surface area contributed by atoms with E-state index < -0.39 is 0 Å². The summed E-state index contributed by atoms with van der Waals surface area (Å²) in [4.78, 5) is 28.9. The van der Waals surface area contributed by atoms with Crippen LogP contribution in [0.4, 0.5) is 0 Å². The molecule has 0 radical (unpaired) electrons. The number of piperazine rings is 1. The van der Waals surface area contributed by atoms with Crippen LogP contribution < -0.4 is 0 Å². The van der Waals surface area contributed by atoms with Crippen LogP contribution in [-0.2, 0) is 16.0 Å². The van der Waals surface area contributed by atoms with E-state index in [-0.39, 0.29) is 11.8 Å². The maximum Gasteiger partial charge on any atom is 0.225 e. The molecule has 1 aliphatic heterocycles. The third-order valence-electron chi connectivity index (χ3n) is 5.65. The largest absolute Gasteiger partial charge is 0.339 e. The van der Waals surface area contributed by atoms with Gasteiger partial charge in [-0.3, -0.25) is 9.59 Å². The first-order valence-electron chi connectivity index (χ1n) is 9.75. The van der Waals surface area contributed by atoms with Gasteiger partial charge in [0.1, 0.15) is 0 Å². The van der Waals surface area contributed by atoms with Crippen LogP contribution in [0.25, 0.3) is 0 Å². The van der Waals surface area contributed by atoms with E-state index in [1.54, 1.807) is 0 Å². The highest BCUT2D eigenvalue weighted by molar-refractivity contribution is 5.80. The Morgan fingerprint density at radius 2 is 1.52 bits per heavy atom. The molecular weight excluding hydrogens is 312 g/mol. The van der Waals surface area contributed by atoms with Gasteiger partial charge < -0.3 is 9.80 Å². The molecule has 1 aliphatic carbocycles. The average molecular weight is 342 g/mol. The van der Waals surface area contributed by atoms with Crippen LogP contribution in [0.3, 0.4) is 0 Å². The van der Waals surface area contributed by atoms with Crippen molar-refractivity contribution >= 4 is 11.8 Å². The molecule has 0 aromatic heterocycles. The van der Waals surface area contributed by atoms with Crippen LogP contribution in [0, 0.1) is 12.8 Å². The second kappa shape index (κ2) is 8.50. The summed E-state index contributed by atoms with van der Waals surface area (Å²) in [5.74, 6) is 0.773. The molecule has 4 nitrogen and oxygen atoms in total. The van der Waals surface area contributed by atoms with Gasteiger partial charge in [-0.2, -0.15) is 0 Å². The van der Waals surface area contributed by atoms with E-state index in [2.05, 4.69) is 31.2 Å². The predicted molar refractivity (Wildman–Crippen MR) is 99.2 cm³/mol. The van der Waals surface area contributed by atoms with E-state index in [9.17, 15) is 9.59 Å². The molecule has 0 N–H and O–H groups in total. The molecule has 0 bridgehead atoms. The molecule has 4 heteroatoms. The Kier molecular flexibility index (Phi) is 6.11. The summed E-state index contributed by atoms with van der Waals surface area (Å²) in [5.41, 5.74) is 2.46. The molecule has 1 aromatic carbocycles. The Morgan fingerprint density at radius 3 is 2.16 bits per heavy atom.